The molecular formula is C20H22F3NO3. The van der Waals surface area contributed by atoms with Crippen molar-refractivity contribution in [2.24, 2.45) is 0 Å². The lowest BCUT2D eigenvalue weighted by atomic mass is 9.91. The molecule has 0 unspecified atom stereocenters. The highest BCUT2D eigenvalue weighted by molar-refractivity contribution is 5.88. The van der Waals surface area contributed by atoms with Gasteiger partial charge in [0.05, 0.1) is 7.11 Å². The maximum atomic E-state index is 13.9. The van der Waals surface area contributed by atoms with Crippen LogP contribution in [0.3, 0.4) is 0 Å². The number of nitrogens with one attached hydrogen (secondary N) is 1. The number of hydrogen-bond donors (Lipinski definition) is 1. The molecular weight excluding hydrogens is 359 g/mol. The van der Waals surface area contributed by atoms with Gasteiger partial charge in [0.25, 0.3) is 11.5 Å². The number of amides is 1. The highest BCUT2D eigenvalue weighted by Gasteiger charge is 2.62. The topological polar surface area (TPSA) is 47.6 Å². The number of methoxy groups -OCH3 is 2. The summed E-state index contributed by atoms with van der Waals surface area (Å²) < 4.78 is 51.6. The first-order valence-electron chi connectivity index (χ1n) is 8.36. The summed E-state index contributed by atoms with van der Waals surface area (Å²) in [6.07, 6.45) is -4.59. The Bertz CT molecular complexity index is 765. The smallest absolute Gasteiger partial charge is 0.430 e. The fraction of sp³-hybridized carbons (Fsp3) is 0.350. The van der Waals surface area contributed by atoms with Crippen LogP contribution in [0.4, 0.5) is 13.2 Å². The predicted molar refractivity (Wildman–Crippen MR) is 95.5 cm³/mol. The van der Waals surface area contributed by atoms with Gasteiger partial charge in [0, 0.05) is 18.7 Å². The van der Waals surface area contributed by atoms with E-state index in [1.54, 1.807) is 31.2 Å². The molecule has 2 rings (SSSR count). The maximum Gasteiger partial charge on any atom is 0.430 e. The van der Waals surface area contributed by atoms with E-state index < -0.39 is 23.7 Å². The van der Waals surface area contributed by atoms with E-state index in [0.29, 0.717) is 12.2 Å². The number of alkyl halides is 3. The zero-order valence-electron chi connectivity index (χ0n) is 15.3. The lowest BCUT2D eigenvalue weighted by molar-refractivity contribution is -0.266. The van der Waals surface area contributed by atoms with Crippen molar-refractivity contribution in [3.05, 3.63) is 65.7 Å². The summed E-state index contributed by atoms with van der Waals surface area (Å²) in [5.74, 6) is -0.615. The van der Waals surface area contributed by atoms with E-state index in [1.165, 1.54) is 31.4 Å². The van der Waals surface area contributed by atoms with E-state index in [2.05, 4.69) is 5.32 Å². The van der Waals surface area contributed by atoms with Crippen molar-refractivity contribution in [1.29, 1.82) is 0 Å². The molecule has 0 spiro atoms. The number of rotatable bonds is 7. The summed E-state index contributed by atoms with van der Waals surface area (Å²) >= 11 is 0. The summed E-state index contributed by atoms with van der Waals surface area (Å²) in [6.45, 7) is 1.64. The van der Waals surface area contributed by atoms with Gasteiger partial charge in [-0.2, -0.15) is 13.2 Å². The number of ether oxygens (including phenoxy) is 2. The Labute approximate surface area is 156 Å². The average Bonchev–Trinajstić information content (AvgIpc) is 2.62. The molecule has 0 fully saturated rings. The van der Waals surface area contributed by atoms with E-state index in [0.717, 1.165) is 12.7 Å². The first-order chi connectivity index (χ1) is 12.7. The number of carbonyl (C=O) groups excluding carboxylic acids is 1. The summed E-state index contributed by atoms with van der Waals surface area (Å²) in [5.41, 5.74) is -2.51. The Morgan fingerprint density at radius 1 is 1.07 bits per heavy atom. The van der Waals surface area contributed by atoms with Gasteiger partial charge in [-0.15, -0.1) is 0 Å². The normalized spacial score (nSPS) is 14.9. The van der Waals surface area contributed by atoms with Gasteiger partial charge in [-0.25, -0.2) is 0 Å². The molecule has 0 bridgehead atoms. The zero-order valence-corrected chi connectivity index (χ0v) is 15.3. The number of hydrogen-bond acceptors (Lipinski definition) is 3. The molecule has 27 heavy (non-hydrogen) atoms. The summed E-state index contributed by atoms with van der Waals surface area (Å²) in [7, 11) is 2.41. The minimum atomic E-state index is -4.93. The van der Waals surface area contributed by atoms with E-state index in [1.807, 2.05) is 6.07 Å². The number of carbonyl (C=O) groups is 1. The third-order valence-electron chi connectivity index (χ3n) is 4.26. The third-order valence-corrected chi connectivity index (χ3v) is 4.26. The van der Waals surface area contributed by atoms with Crippen LogP contribution in [-0.4, -0.2) is 32.3 Å². The minimum Gasteiger partial charge on any atom is -0.497 e. The summed E-state index contributed by atoms with van der Waals surface area (Å²) in [6, 6.07) is 13.5. The van der Waals surface area contributed by atoms with E-state index in [9.17, 15) is 18.0 Å². The van der Waals surface area contributed by atoms with Crippen molar-refractivity contribution in [3.8, 4) is 5.75 Å². The van der Waals surface area contributed by atoms with Crippen LogP contribution in [0.1, 0.15) is 18.1 Å². The molecule has 0 aliphatic carbocycles. The zero-order chi connectivity index (χ0) is 20.1. The molecule has 0 aliphatic heterocycles. The first-order valence-corrected chi connectivity index (χ1v) is 8.36. The largest absolute Gasteiger partial charge is 0.497 e. The van der Waals surface area contributed by atoms with Crippen LogP contribution >= 0.6 is 0 Å². The van der Waals surface area contributed by atoms with Gasteiger partial charge in [0.1, 0.15) is 5.75 Å². The van der Waals surface area contributed by atoms with Gasteiger partial charge in [0.15, 0.2) is 0 Å². The predicted octanol–water partition coefficient (Wildman–Crippen LogP) is 3.85. The molecule has 1 amide bonds. The Kier molecular flexibility index (Phi) is 6.49. The van der Waals surface area contributed by atoms with E-state index >= 15 is 0 Å². The van der Waals surface area contributed by atoms with Gasteiger partial charge in [-0.1, -0.05) is 42.5 Å². The van der Waals surface area contributed by atoms with E-state index in [4.69, 9.17) is 9.47 Å². The second-order valence-electron chi connectivity index (χ2n) is 6.18. The van der Waals surface area contributed by atoms with Crippen LogP contribution in [0.15, 0.2) is 54.6 Å². The highest BCUT2D eigenvalue weighted by Crippen LogP contribution is 2.42. The van der Waals surface area contributed by atoms with Crippen molar-refractivity contribution in [2.45, 2.75) is 31.2 Å². The number of benzene rings is 2. The molecule has 2 aromatic rings. The van der Waals surface area contributed by atoms with Crippen LogP contribution in [0.25, 0.3) is 0 Å². The molecule has 0 heterocycles. The molecule has 0 saturated heterocycles. The van der Waals surface area contributed by atoms with Crippen LogP contribution < -0.4 is 10.1 Å². The maximum absolute atomic E-state index is 13.9. The minimum absolute atomic E-state index is 0.272. The van der Waals surface area contributed by atoms with Crippen molar-refractivity contribution in [3.63, 3.8) is 0 Å². The second kappa shape index (κ2) is 8.43. The Balaban J connectivity index is 2.25. The standard InChI is InChI=1S/C20H22F3NO3/c1-14(12-15-8-7-11-17(13-15)26-2)24-18(25)19(27-3,20(21,22)23)16-9-5-4-6-10-16/h4-11,13-14H,12H2,1-3H3,(H,24,25)/t14-,19+/m0/s1. The fourth-order valence-corrected chi connectivity index (χ4v) is 2.95. The Morgan fingerprint density at radius 3 is 2.30 bits per heavy atom. The van der Waals surface area contributed by atoms with Crippen LogP contribution in [0.2, 0.25) is 0 Å². The van der Waals surface area contributed by atoms with Crippen LogP contribution in [-0.2, 0) is 21.6 Å². The quantitative estimate of drug-likeness (QED) is 0.793. The van der Waals surface area contributed by atoms with Crippen molar-refractivity contribution in [1.82, 2.24) is 5.32 Å². The lowest BCUT2D eigenvalue weighted by Crippen LogP contribution is -2.57. The van der Waals surface area contributed by atoms with Crippen molar-refractivity contribution < 1.29 is 27.4 Å². The molecule has 1 N–H and O–H groups in total. The molecule has 4 nitrogen and oxygen atoms in total. The molecule has 0 aliphatic rings. The first kappa shape index (κ1) is 20.8. The van der Waals surface area contributed by atoms with Crippen molar-refractivity contribution in [2.75, 3.05) is 14.2 Å². The van der Waals surface area contributed by atoms with Crippen LogP contribution in [0, 0.1) is 0 Å². The van der Waals surface area contributed by atoms with Gasteiger partial charge < -0.3 is 14.8 Å². The molecule has 0 radical (unpaired) electrons. The molecule has 0 saturated carbocycles. The number of halogens is 3. The molecule has 7 heteroatoms. The summed E-state index contributed by atoms with van der Waals surface area (Å²) in [4.78, 5) is 12.7. The third kappa shape index (κ3) is 4.42. The van der Waals surface area contributed by atoms with Gasteiger partial charge in [-0.3, -0.25) is 4.79 Å². The fourth-order valence-electron chi connectivity index (χ4n) is 2.95. The van der Waals surface area contributed by atoms with Crippen molar-refractivity contribution >= 4 is 5.91 Å². The molecule has 2 atom stereocenters. The monoisotopic (exact) mass is 381 g/mol. The summed E-state index contributed by atoms with van der Waals surface area (Å²) in [5, 5.41) is 2.44. The molecule has 0 aromatic heterocycles. The lowest BCUT2D eigenvalue weighted by Gasteiger charge is -2.34. The second-order valence-corrected chi connectivity index (χ2v) is 6.18. The SMILES string of the molecule is COc1cccc(C[C@H](C)NC(=O)[C@](OC)(c2ccccc2)C(F)(F)F)c1. The van der Waals surface area contributed by atoms with E-state index in [-0.39, 0.29) is 5.56 Å². The van der Waals surface area contributed by atoms with Crippen LogP contribution in [0.5, 0.6) is 5.75 Å². The molecule has 2 aromatic carbocycles. The van der Waals surface area contributed by atoms with Gasteiger partial charge in [-0.05, 0) is 31.0 Å². The Morgan fingerprint density at radius 2 is 1.74 bits per heavy atom. The van der Waals surface area contributed by atoms with Gasteiger partial charge in [0.2, 0.25) is 0 Å². The average molecular weight is 381 g/mol. The Hall–Kier alpha value is -2.54. The van der Waals surface area contributed by atoms with Gasteiger partial charge >= 0.3 is 6.18 Å². The molecule has 146 valence electrons. The highest BCUT2D eigenvalue weighted by atomic mass is 19.4.